The van der Waals surface area contributed by atoms with Crippen LogP contribution in [0.4, 0.5) is 11.5 Å². The van der Waals surface area contributed by atoms with Gasteiger partial charge in [0.25, 0.3) is 15.9 Å². The maximum atomic E-state index is 14.2. The number of hydrogen-bond donors (Lipinski definition) is 1. The summed E-state index contributed by atoms with van der Waals surface area (Å²) in [5.74, 6) is -0.132. The van der Waals surface area contributed by atoms with Crippen LogP contribution in [0.3, 0.4) is 0 Å². The van der Waals surface area contributed by atoms with Crippen LogP contribution in [0.25, 0.3) is 21.7 Å². The zero-order valence-electron chi connectivity index (χ0n) is 26.3. The summed E-state index contributed by atoms with van der Waals surface area (Å²) in [4.78, 5) is 42.2. The van der Waals surface area contributed by atoms with Crippen molar-refractivity contribution >= 4 is 76.9 Å². The maximum Gasteiger partial charge on any atom is 0.269 e. The van der Waals surface area contributed by atoms with E-state index in [-0.39, 0.29) is 29.0 Å². The number of fused-ring (bicyclic) bond motifs is 1. The molecule has 5 aromatic rings. The zero-order valence-corrected chi connectivity index (χ0v) is 28.7. The van der Waals surface area contributed by atoms with Crippen molar-refractivity contribution in [3.05, 3.63) is 101 Å². The monoisotopic (exact) mass is 724 g/mol. The summed E-state index contributed by atoms with van der Waals surface area (Å²) >= 11 is 3.52. The number of anilines is 2. The SMILES string of the molecule is Cc1ccc(S(=O)(=O)n2c(N3CCC(c4ccc5c6c(cccc46)C(=O)N5C4CCC(=O)NC4=O)CC3)cc3ccc(CBr)cc32)cc1. The first-order chi connectivity index (χ1) is 23.2. The molecule has 9 nitrogen and oxygen atoms in total. The van der Waals surface area contributed by atoms with E-state index in [4.69, 9.17) is 0 Å². The molecule has 3 aliphatic rings. The molecular weight excluding hydrogens is 692 g/mol. The number of benzene rings is 4. The Morgan fingerprint density at radius 1 is 0.896 bits per heavy atom. The van der Waals surface area contributed by atoms with Crippen molar-refractivity contribution in [2.24, 2.45) is 0 Å². The van der Waals surface area contributed by atoms with E-state index in [0.29, 0.717) is 47.4 Å². The Labute approximate surface area is 286 Å². The number of nitrogens with zero attached hydrogens (tertiary/aromatic N) is 3. The predicted octanol–water partition coefficient (Wildman–Crippen LogP) is 6.38. The van der Waals surface area contributed by atoms with Crippen molar-refractivity contribution in [1.29, 1.82) is 0 Å². The quantitative estimate of drug-likeness (QED) is 0.161. The molecule has 8 rings (SSSR count). The minimum absolute atomic E-state index is 0.192. The molecule has 0 saturated carbocycles. The Balaban J connectivity index is 1.12. The van der Waals surface area contributed by atoms with Crippen molar-refractivity contribution < 1.29 is 22.8 Å². The second-order valence-corrected chi connectivity index (χ2v) is 15.3. The fourth-order valence-corrected chi connectivity index (χ4v) is 9.49. The highest BCUT2D eigenvalue weighted by Gasteiger charge is 2.41. The van der Waals surface area contributed by atoms with Gasteiger partial charge in [-0.2, -0.15) is 0 Å². The minimum Gasteiger partial charge on any atom is -0.357 e. The zero-order chi connectivity index (χ0) is 33.3. The van der Waals surface area contributed by atoms with Gasteiger partial charge in [-0.05, 0) is 85.0 Å². The van der Waals surface area contributed by atoms with Gasteiger partial charge >= 0.3 is 0 Å². The lowest BCUT2D eigenvalue weighted by atomic mass is 9.85. The first-order valence-corrected chi connectivity index (χ1v) is 18.7. The standard InChI is InChI=1S/C37H33BrN4O5S/c1-22-5-9-26(10-6-22)48(46,47)42-32-19-23(21-38)7-8-25(32)20-34(42)40-17-15-24(16-18-40)27-11-12-30-35-28(27)3-2-4-29(35)37(45)41(30)31-13-14-33(43)39-36(31)44/h2-12,19-20,24,31H,13-18,21H2,1H3,(H,39,43,44). The molecule has 2 saturated heterocycles. The van der Waals surface area contributed by atoms with E-state index in [1.165, 1.54) is 3.97 Å². The molecule has 0 radical (unpaired) electrons. The second-order valence-electron chi connectivity index (χ2n) is 12.9. The molecule has 0 aliphatic carbocycles. The summed E-state index contributed by atoms with van der Waals surface area (Å²) in [6.45, 7) is 3.24. The van der Waals surface area contributed by atoms with Gasteiger partial charge in [0.15, 0.2) is 0 Å². The first-order valence-electron chi connectivity index (χ1n) is 16.2. The smallest absolute Gasteiger partial charge is 0.269 e. The average molecular weight is 726 g/mol. The van der Waals surface area contributed by atoms with Crippen molar-refractivity contribution in [1.82, 2.24) is 9.29 Å². The van der Waals surface area contributed by atoms with Crippen LogP contribution in [0.2, 0.25) is 0 Å². The molecule has 1 atom stereocenters. The summed E-state index contributed by atoms with van der Waals surface area (Å²) in [5, 5.41) is 5.71. The number of aryl methyl sites for hydroxylation is 1. The number of piperidine rings is 2. The van der Waals surface area contributed by atoms with Crippen LogP contribution >= 0.6 is 15.9 Å². The fourth-order valence-electron chi connectivity index (χ4n) is 7.62. The molecule has 2 fully saturated rings. The van der Waals surface area contributed by atoms with Gasteiger partial charge in [-0.3, -0.25) is 24.6 Å². The van der Waals surface area contributed by atoms with E-state index in [9.17, 15) is 22.8 Å². The highest BCUT2D eigenvalue weighted by molar-refractivity contribution is 9.08. The summed E-state index contributed by atoms with van der Waals surface area (Å²) in [5.41, 5.74) is 5.06. The molecule has 3 aliphatic heterocycles. The van der Waals surface area contributed by atoms with Gasteiger partial charge in [0.1, 0.15) is 11.9 Å². The molecule has 4 heterocycles. The third-order valence-electron chi connectivity index (χ3n) is 10.1. The Hall–Kier alpha value is -4.48. The van der Waals surface area contributed by atoms with Crippen LogP contribution in [0.1, 0.15) is 58.6 Å². The van der Waals surface area contributed by atoms with Crippen molar-refractivity contribution in [2.45, 2.75) is 54.8 Å². The summed E-state index contributed by atoms with van der Waals surface area (Å²) in [7, 11) is -3.89. The van der Waals surface area contributed by atoms with Gasteiger partial charge in [-0.15, -0.1) is 0 Å². The Morgan fingerprint density at radius 3 is 2.40 bits per heavy atom. The summed E-state index contributed by atoms with van der Waals surface area (Å²) in [6, 6.07) is 23.9. The highest BCUT2D eigenvalue weighted by Crippen LogP contribution is 2.45. The second kappa shape index (κ2) is 11.6. The van der Waals surface area contributed by atoms with E-state index < -0.39 is 22.0 Å². The number of halogens is 1. The number of nitrogens with one attached hydrogen (secondary N) is 1. The molecule has 1 aromatic heterocycles. The largest absolute Gasteiger partial charge is 0.357 e. The van der Waals surface area contributed by atoms with Gasteiger partial charge < -0.3 is 4.90 Å². The lowest BCUT2D eigenvalue weighted by molar-refractivity contribution is -0.134. The molecule has 4 aromatic carbocycles. The topological polar surface area (TPSA) is 109 Å². The van der Waals surface area contributed by atoms with E-state index in [1.807, 2.05) is 61.5 Å². The number of hydrogen-bond acceptors (Lipinski definition) is 6. The van der Waals surface area contributed by atoms with Gasteiger partial charge in [-0.25, -0.2) is 12.4 Å². The van der Waals surface area contributed by atoms with Gasteiger partial charge in [0, 0.05) is 41.2 Å². The number of carbonyl (C=O) groups excluding carboxylic acids is 3. The number of rotatable bonds is 6. The van der Waals surface area contributed by atoms with Crippen LogP contribution < -0.4 is 15.1 Å². The molecule has 244 valence electrons. The lowest BCUT2D eigenvalue weighted by Crippen LogP contribution is -2.53. The number of imide groups is 1. The van der Waals surface area contributed by atoms with Crippen LogP contribution in [-0.4, -0.2) is 49.2 Å². The van der Waals surface area contributed by atoms with E-state index in [0.717, 1.165) is 45.7 Å². The van der Waals surface area contributed by atoms with Crippen LogP contribution in [0.5, 0.6) is 0 Å². The van der Waals surface area contributed by atoms with Gasteiger partial charge in [0.05, 0.1) is 16.1 Å². The number of carbonyl (C=O) groups is 3. The number of alkyl halides is 1. The van der Waals surface area contributed by atoms with Gasteiger partial charge in [0.2, 0.25) is 11.8 Å². The van der Waals surface area contributed by atoms with E-state index in [1.54, 1.807) is 23.1 Å². The fraction of sp³-hybridized carbons (Fsp3) is 0.270. The van der Waals surface area contributed by atoms with Crippen molar-refractivity contribution in [2.75, 3.05) is 22.9 Å². The first kappa shape index (κ1) is 30.8. The average Bonchev–Trinajstić information content (AvgIpc) is 3.62. The number of aromatic nitrogens is 1. The van der Waals surface area contributed by atoms with E-state index in [2.05, 4.69) is 32.2 Å². The molecule has 3 amide bonds. The Kier molecular flexibility index (Phi) is 7.44. The molecule has 0 bridgehead atoms. The lowest BCUT2D eigenvalue weighted by Gasteiger charge is -2.35. The molecular formula is C37H33BrN4O5S. The highest BCUT2D eigenvalue weighted by atomic mass is 79.9. The molecule has 1 N–H and O–H groups in total. The normalized spacial score (nSPS) is 18.7. The third-order valence-corrected chi connectivity index (χ3v) is 12.4. The Bertz CT molecular complexity index is 2270. The van der Waals surface area contributed by atoms with Gasteiger partial charge in [-0.1, -0.05) is 64.0 Å². The summed E-state index contributed by atoms with van der Waals surface area (Å²) in [6.07, 6.45) is 2.07. The molecule has 0 spiro atoms. The van der Waals surface area contributed by atoms with Crippen LogP contribution in [0.15, 0.2) is 83.8 Å². The van der Waals surface area contributed by atoms with Crippen LogP contribution in [-0.2, 0) is 24.9 Å². The van der Waals surface area contributed by atoms with Crippen LogP contribution in [0, 0.1) is 6.92 Å². The molecule has 48 heavy (non-hydrogen) atoms. The Morgan fingerprint density at radius 2 is 1.67 bits per heavy atom. The maximum absolute atomic E-state index is 14.2. The predicted molar refractivity (Wildman–Crippen MR) is 189 cm³/mol. The molecule has 1 unspecified atom stereocenters. The summed E-state index contributed by atoms with van der Waals surface area (Å²) < 4.78 is 30.0. The van der Waals surface area contributed by atoms with Crippen molar-refractivity contribution in [3.8, 4) is 0 Å². The van der Waals surface area contributed by atoms with E-state index >= 15 is 0 Å². The molecule has 11 heteroatoms. The third kappa shape index (κ3) is 4.85. The van der Waals surface area contributed by atoms with Crippen molar-refractivity contribution in [3.63, 3.8) is 0 Å². The number of amides is 3. The minimum atomic E-state index is -3.89.